The van der Waals surface area contributed by atoms with Crippen molar-refractivity contribution in [3.63, 3.8) is 0 Å². The number of fused-ring (bicyclic) bond motifs is 2. The van der Waals surface area contributed by atoms with E-state index in [9.17, 15) is 10.2 Å². The molecule has 1 aliphatic heterocycles. The van der Waals surface area contributed by atoms with Gasteiger partial charge in [0.05, 0.1) is 0 Å². The van der Waals surface area contributed by atoms with Crippen molar-refractivity contribution in [3.05, 3.63) is 52.3 Å². The summed E-state index contributed by atoms with van der Waals surface area (Å²) in [6, 6.07) is 3.50. The van der Waals surface area contributed by atoms with Crippen LogP contribution in [0, 0.1) is 0 Å². The molecule has 1 aromatic heterocycles. The Balaban J connectivity index is 1.99. The molecule has 4 heteroatoms. The molecule has 0 fully saturated rings. The van der Waals surface area contributed by atoms with Crippen LogP contribution in [0.15, 0.2) is 24.5 Å². The highest BCUT2D eigenvalue weighted by molar-refractivity contribution is 5.59. The van der Waals surface area contributed by atoms with E-state index in [0.29, 0.717) is 6.42 Å². The minimum Gasteiger partial charge on any atom is -0.504 e. The molecule has 3 N–H and O–H groups in total. The lowest BCUT2D eigenvalue weighted by atomic mass is 9.75. The summed E-state index contributed by atoms with van der Waals surface area (Å²) in [5.41, 5.74) is 5.71. The summed E-state index contributed by atoms with van der Waals surface area (Å²) < 4.78 is 0. The summed E-state index contributed by atoms with van der Waals surface area (Å²) in [7, 11) is 0. The van der Waals surface area contributed by atoms with E-state index in [2.05, 4.69) is 10.3 Å². The molecule has 19 heavy (non-hydrogen) atoms. The number of aromatic nitrogens is 1. The van der Waals surface area contributed by atoms with Gasteiger partial charge < -0.3 is 15.5 Å². The van der Waals surface area contributed by atoms with Crippen molar-refractivity contribution in [3.8, 4) is 11.5 Å². The third-order valence-electron chi connectivity index (χ3n) is 4.21. The van der Waals surface area contributed by atoms with Crippen molar-refractivity contribution >= 4 is 0 Å². The van der Waals surface area contributed by atoms with Crippen LogP contribution in [-0.4, -0.2) is 21.7 Å². The van der Waals surface area contributed by atoms with Gasteiger partial charge in [-0.15, -0.1) is 0 Å². The second-order valence-electron chi connectivity index (χ2n) is 5.23. The highest BCUT2D eigenvalue weighted by atomic mass is 16.3. The maximum absolute atomic E-state index is 10.1. The van der Waals surface area contributed by atoms with Gasteiger partial charge in [-0.1, -0.05) is 6.07 Å². The first-order valence-electron chi connectivity index (χ1n) is 6.46. The minimum absolute atomic E-state index is 0.0131. The van der Waals surface area contributed by atoms with Gasteiger partial charge in [0, 0.05) is 43.4 Å². The smallest absolute Gasteiger partial charge is 0.161 e. The number of benzene rings is 1. The molecule has 2 aliphatic rings. The van der Waals surface area contributed by atoms with Crippen LogP contribution in [0.5, 0.6) is 11.5 Å². The van der Waals surface area contributed by atoms with Crippen LogP contribution in [0.25, 0.3) is 0 Å². The van der Waals surface area contributed by atoms with E-state index in [-0.39, 0.29) is 17.4 Å². The summed E-state index contributed by atoms with van der Waals surface area (Å²) in [5, 5.41) is 23.1. The number of aromatic hydroxyl groups is 2. The maximum atomic E-state index is 10.1. The Bertz CT molecular complexity index is 682. The molecule has 4 rings (SSSR count). The van der Waals surface area contributed by atoms with Gasteiger partial charge in [-0.2, -0.15) is 0 Å². The number of phenols is 2. The van der Waals surface area contributed by atoms with Gasteiger partial charge >= 0.3 is 0 Å². The minimum atomic E-state index is -0.0462. The highest BCUT2D eigenvalue weighted by Crippen LogP contribution is 2.44. The summed E-state index contributed by atoms with van der Waals surface area (Å²) >= 11 is 0. The van der Waals surface area contributed by atoms with E-state index >= 15 is 0 Å². The molecule has 0 saturated carbocycles. The first kappa shape index (κ1) is 10.8. The van der Waals surface area contributed by atoms with E-state index in [1.54, 1.807) is 6.07 Å². The van der Waals surface area contributed by atoms with Crippen LogP contribution in [-0.2, 0) is 13.0 Å². The maximum Gasteiger partial charge on any atom is 0.161 e. The molecule has 1 atom stereocenters. The first-order valence-corrected chi connectivity index (χ1v) is 6.46. The zero-order chi connectivity index (χ0) is 13.0. The standard InChI is InChI=1S/C15H14N2O2/c18-13-2-1-10-11(15(13)19)3-8-4-16-5-9-6-17-7-12(10)14(8)9/h1-2,4-5,12,17-19H,3,6-7H2. The Morgan fingerprint density at radius 1 is 1.16 bits per heavy atom. The molecular weight excluding hydrogens is 240 g/mol. The number of phenolic OH excluding ortho intramolecular Hbond substituents is 2. The van der Waals surface area contributed by atoms with Gasteiger partial charge in [0.25, 0.3) is 0 Å². The summed E-state index contributed by atoms with van der Waals surface area (Å²) in [5.74, 6) is 0.214. The van der Waals surface area contributed by atoms with Gasteiger partial charge in [-0.05, 0) is 28.3 Å². The molecule has 0 bridgehead atoms. The molecule has 0 spiro atoms. The van der Waals surface area contributed by atoms with Crippen molar-refractivity contribution in [1.29, 1.82) is 0 Å². The molecule has 1 unspecified atom stereocenters. The normalized spacial score (nSPS) is 19.7. The third kappa shape index (κ3) is 1.40. The lowest BCUT2D eigenvalue weighted by Crippen LogP contribution is -2.32. The van der Waals surface area contributed by atoms with Gasteiger partial charge in [0.1, 0.15) is 0 Å². The molecule has 0 saturated heterocycles. The Morgan fingerprint density at radius 3 is 2.89 bits per heavy atom. The summed E-state index contributed by atoms with van der Waals surface area (Å²) in [6.07, 6.45) is 4.44. The van der Waals surface area contributed by atoms with Crippen molar-refractivity contribution in [2.75, 3.05) is 6.54 Å². The molecule has 4 nitrogen and oxygen atoms in total. The van der Waals surface area contributed by atoms with Crippen molar-refractivity contribution in [2.24, 2.45) is 0 Å². The highest BCUT2D eigenvalue weighted by Gasteiger charge is 2.32. The Morgan fingerprint density at radius 2 is 2.00 bits per heavy atom. The van der Waals surface area contributed by atoms with Crippen LogP contribution in [0.1, 0.15) is 33.7 Å². The number of hydrogen-bond acceptors (Lipinski definition) is 4. The largest absolute Gasteiger partial charge is 0.504 e. The fourth-order valence-corrected chi connectivity index (χ4v) is 3.35. The lowest BCUT2D eigenvalue weighted by Gasteiger charge is -2.34. The number of pyridine rings is 1. The van der Waals surface area contributed by atoms with E-state index < -0.39 is 0 Å². The van der Waals surface area contributed by atoms with E-state index in [1.807, 2.05) is 18.5 Å². The molecular formula is C15H14N2O2. The van der Waals surface area contributed by atoms with Gasteiger partial charge in [0.2, 0.25) is 0 Å². The molecule has 2 aromatic rings. The average molecular weight is 254 g/mol. The fourth-order valence-electron chi connectivity index (χ4n) is 3.35. The Kier molecular flexibility index (Phi) is 2.11. The van der Waals surface area contributed by atoms with Crippen LogP contribution in [0.2, 0.25) is 0 Å². The molecule has 0 amide bonds. The van der Waals surface area contributed by atoms with E-state index in [1.165, 1.54) is 11.1 Å². The number of nitrogens with zero attached hydrogens (tertiary/aromatic N) is 1. The van der Waals surface area contributed by atoms with Crippen LogP contribution in [0.3, 0.4) is 0 Å². The van der Waals surface area contributed by atoms with Crippen molar-refractivity contribution < 1.29 is 10.2 Å². The van der Waals surface area contributed by atoms with Gasteiger partial charge in [0.15, 0.2) is 11.5 Å². The monoisotopic (exact) mass is 254 g/mol. The van der Waals surface area contributed by atoms with E-state index in [0.717, 1.165) is 29.8 Å². The number of hydrogen-bond donors (Lipinski definition) is 3. The average Bonchev–Trinajstić information content (AvgIpc) is 2.44. The second-order valence-corrected chi connectivity index (χ2v) is 5.23. The SMILES string of the molecule is Oc1ccc2c(c1O)Cc1cncc3c1C2CNC3. The summed E-state index contributed by atoms with van der Waals surface area (Å²) in [4.78, 5) is 4.28. The van der Waals surface area contributed by atoms with Crippen LogP contribution >= 0.6 is 0 Å². The van der Waals surface area contributed by atoms with Crippen molar-refractivity contribution in [1.82, 2.24) is 10.3 Å². The molecule has 2 heterocycles. The molecule has 0 radical (unpaired) electrons. The Hall–Kier alpha value is -2.07. The summed E-state index contributed by atoms with van der Waals surface area (Å²) in [6.45, 7) is 1.72. The quantitative estimate of drug-likeness (QED) is 0.625. The van der Waals surface area contributed by atoms with Crippen LogP contribution in [0.4, 0.5) is 0 Å². The Labute approximate surface area is 110 Å². The topological polar surface area (TPSA) is 65.4 Å². The first-order chi connectivity index (χ1) is 9.25. The predicted octanol–water partition coefficient (Wildman–Crippen LogP) is 1.63. The molecule has 1 aliphatic carbocycles. The van der Waals surface area contributed by atoms with Gasteiger partial charge in [-0.25, -0.2) is 0 Å². The fraction of sp³-hybridized carbons (Fsp3) is 0.267. The lowest BCUT2D eigenvalue weighted by molar-refractivity contribution is 0.397. The van der Waals surface area contributed by atoms with Crippen LogP contribution < -0.4 is 5.32 Å². The van der Waals surface area contributed by atoms with E-state index in [4.69, 9.17) is 0 Å². The zero-order valence-corrected chi connectivity index (χ0v) is 10.3. The second kappa shape index (κ2) is 3.71. The predicted molar refractivity (Wildman–Crippen MR) is 70.4 cm³/mol. The third-order valence-corrected chi connectivity index (χ3v) is 4.21. The van der Waals surface area contributed by atoms with Crippen molar-refractivity contribution in [2.45, 2.75) is 18.9 Å². The zero-order valence-electron chi connectivity index (χ0n) is 10.3. The molecule has 96 valence electrons. The molecule has 1 aromatic carbocycles. The van der Waals surface area contributed by atoms with Gasteiger partial charge in [-0.3, -0.25) is 4.98 Å². The number of rotatable bonds is 0. The number of nitrogens with one attached hydrogen (secondary N) is 1.